The Morgan fingerprint density at radius 1 is 1.03 bits per heavy atom. The molecule has 31 heavy (non-hydrogen) atoms. The second kappa shape index (κ2) is 9.07. The highest BCUT2D eigenvalue weighted by Gasteiger charge is 2.40. The van der Waals surface area contributed by atoms with Gasteiger partial charge in [-0.2, -0.15) is 0 Å². The molecule has 4 heterocycles. The van der Waals surface area contributed by atoms with E-state index in [1.807, 2.05) is 17.0 Å². The van der Waals surface area contributed by atoms with Gasteiger partial charge < -0.3 is 19.4 Å². The van der Waals surface area contributed by atoms with Gasteiger partial charge in [-0.25, -0.2) is 4.98 Å². The number of carbonyl (C=O) groups excluding carboxylic acids is 1. The van der Waals surface area contributed by atoms with E-state index in [-0.39, 0.29) is 11.9 Å². The van der Waals surface area contributed by atoms with Gasteiger partial charge in [-0.15, -0.1) is 0 Å². The Hall–Kier alpha value is -1.66. The Kier molecular flexibility index (Phi) is 6.20. The van der Waals surface area contributed by atoms with E-state index in [1.54, 1.807) is 13.3 Å². The Morgan fingerprint density at radius 3 is 2.39 bits per heavy atom. The molecule has 1 atom stereocenters. The molecule has 3 aliphatic heterocycles. The van der Waals surface area contributed by atoms with Crippen molar-refractivity contribution in [1.82, 2.24) is 14.8 Å². The Morgan fingerprint density at radius 2 is 1.77 bits per heavy atom. The van der Waals surface area contributed by atoms with Gasteiger partial charge in [-0.05, 0) is 82.0 Å². The van der Waals surface area contributed by atoms with Crippen molar-refractivity contribution >= 4 is 11.7 Å². The molecule has 0 bridgehead atoms. The van der Waals surface area contributed by atoms with Crippen molar-refractivity contribution in [2.75, 3.05) is 51.3 Å². The van der Waals surface area contributed by atoms with Gasteiger partial charge in [0, 0.05) is 39.0 Å². The zero-order valence-electron chi connectivity index (χ0n) is 19.1. The lowest BCUT2D eigenvalue weighted by Crippen LogP contribution is -2.51. The van der Waals surface area contributed by atoms with Gasteiger partial charge in [0.25, 0.3) is 5.91 Å². The molecule has 1 spiro atoms. The summed E-state index contributed by atoms with van der Waals surface area (Å²) in [5, 5.41) is 0. The van der Waals surface area contributed by atoms with Crippen LogP contribution < -0.4 is 4.90 Å². The van der Waals surface area contributed by atoms with Crippen LogP contribution in [0.4, 0.5) is 5.82 Å². The third-order valence-electron chi connectivity index (χ3n) is 8.59. The molecule has 3 saturated heterocycles. The smallest absolute Gasteiger partial charge is 0.255 e. The first-order chi connectivity index (χ1) is 15.2. The predicted molar refractivity (Wildman–Crippen MR) is 122 cm³/mol. The topological polar surface area (TPSA) is 48.9 Å². The average molecular weight is 427 g/mol. The van der Waals surface area contributed by atoms with Gasteiger partial charge in [-0.1, -0.05) is 6.42 Å². The number of piperidine rings is 2. The fraction of sp³-hybridized carbons (Fsp3) is 0.760. The number of aromatic nitrogens is 1. The molecular weight excluding hydrogens is 388 g/mol. The molecule has 5 rings (SSSR count). The van der Waals surface area contributed by atoms with Gasteiger partial charge in [0.1, 0.15) is 5.82 Å². The van der Waals surface area contributed by atoms with Gasteiger partial charge in [0.2, 0.25) is 0 Å². The summed E-state index contributed by atoms with van der Waals surface area (Å²) in [4.78, 5) is 24.8. The Labute approximate surface area is 186 Å². The van der Waals surface area contributed by atoms with E-state index in [4.69, 9.17) is 9.72 Å². The van der Waals surface area contributed by atoms with Gasteiger partial charge >= 0.3 is 0 Å². The van der Waals surface area contributed by atoms with Crippen LogP contribution in [0.3, 0.4) is 0 Å². The van der Waals surface area contributed by atoms with Crippen LogP contribution in [-0.2, 0) is 4.74 Å². The van der Waals surface area contributed by atoms with Crippen LogP contribution in [0.25, 0.3) is 0 Å². The summed E-state index contributed by atoms with van der Waals surface area (Å²) in [5.41, 5.74) is 1.25. The Balaban J connectivity index is 1.15. The van der Waals surface area contributed by atoms with E-state index in [0.717, 1.165) is 44.3 Å². The molecule has 1 saturated carbocycles. The lowest BCUT2D eigenvalue weighted by molar-refractivity contribution is 0.0305. The third kappa shape index (κ3) is 4.34. The van der Waals surface area contributed by atoms with E-state index in [9.17, 15) is 4.79 Å². The molecule has 0 radical (unpaired) electrons. The van der Waals surface area contributed by atoms with E-state index in [0.29, 0.717) is 17.6 Å². The number of rotatable bonds is 5. The largest absolute Gasteiger partial charge is 0.383 e. The maximum absolute atomic E-state index is 12.9. The summed E-state index contributed by atoms with van der Waals surface area (Å²) in [7, 11) is 1.71. The number of anilines is 1. The number of amides is 1. The number of nitrogens with zero attached hydrogens (tertiary/aromatic N) is 4. The van der Waals surface area contributed by atoms with Gasteiger partial charge in [0.15, 0.2) is 0 Å². The van der Waals surface area contributed by atoms with Crippen molar-refractivity contribution in [3.05, 3.63) is 23.9 Å². The first-order valence-corrected chi connectivity index (χ1v) is 12.4. The molecule has 1 amide bonds. The first-order valence-electron chi connectivity index (χ1n) is 12.4. The van der Waals surface area contributed by atoms with E-state index in [1.165, 1.54) is 58.0 Å². The molecule has 1 aromatic rings. The number of hydrogen-bond donors (Lipinski definition) is 0. The molecule has 1 aliphatic carbocycles. The van der Waals surface area contributed by atoms with Crippen molar-refractivity contribution < 1.29 is 9.53 Å². The van der Waals surface area contributed by atoms with Crippen molar-refractivity contribution in [3.8, 4) is 0 Å². The average Bonchev–Trinajstić information content (AvgIpc) is 3.23. The molecule has 1 aromatic heterocycles. The van der Waals surface area contributed by atoms with Crippen LogP contribution in [0.5, 0.6) is 0 Å². The fourth-order valence-corrected chi connectivity index (χ4v) is 6.16. The monoisotopic (exact) mass is 426 g/mol. The number of carbonyl (C=O) groups is 1. The number of pyridine rings is 1. The van der Waals surface area contributed by atoms with Gasteiger partial charge in [-0.3, -0.25) is 4.79 Å². The summed E-state index contributed by atoms with van der Waals surface area (Å²) in [5.74, 6) is 1.11. The van der Waals surface area contributed by atoms with Crippen LogP contribution in [0.2, 0.25) is 0 Å². The third-order valence-corrected chi connectivity index (χ3v) is 8.59. The van der Waals surface area contributed by atoms with E-state index < -0.39 is 0 Å². The first kappa shape index (κ1) is 21.2. The number of ether oxygens (including phenoxy) is 1. The SMILES string of the molecule is COC[C@@H]1CCCN1C(=O)c1ccc(N2CCC3(CC2)CCN(C2CCC2)CC3)nc1. The van der Waals surface area contributed by atoms with Crippen molar-refractivity contribution in [3.63, 3.8) is 0 Å². The highest BCUT2D eigenvalue weighted by Crippen LogP contribution is 2.43. The summed E-state index contributed by atoms with van der Waals surface area (Å²) < 4.78 is 5.30. The van der Waals surface area contributed by atoms with Crippen LogP contribution >= 0.6 is 0 Å². The van der Waals surface area contributed by atoms with Crippen molar-refractivity contribution in [2.45, 2.75) is 69.9 Å². The summed E-state index contributed by atoms with van der Waals surface area (Å²) >= 11 is 0. The minimum Gasteiger partial charge on any atom is -0.383 e. The maximum Gasteiger partial charge on any atom is 0.255 e. The number of hydrogen-bond acceptors (Lipinski definition) is 5. The molecule has 0 N–H and O–H groups in total. The zero-order chi connectivity index (χ0) is 21.3. The summed E-state index contributed by atoms with van der Waals surface area (Å²) in [6.45, 7) is 6.23. The normalized spacial score (nSPS) is 26.9. The number of likely N-dealkylation sites (tertiary alicyclic amines) is 2. The molecule has 6 nitrogen and oxygen atoms in total. The molecule has 0 aromatic carbocycles. The summed E-state index contributed by atoms with van der Waals surface area (Å²) in [6.07, 6.45) is 13.4. The summed E-state index contributed by atoms with van der Waals surface area (Å²) in [6, 6.07) is 5.11. The second-order valence-corrected chi connectivity index (χ2v) is 10.3. The van der Waals surface area contributed by atoms with Crippen LogP contribution in [0, 0.1) is 5.41 Å². The zero-order valence-corrected chi connectivity index (χ0v) is 19.1. The quantitative estimate of drug-likeness (QED) is 0.720. The number of methoxy groups -OCH3 is 1. The minimum atomic E-state index is 0.0921. The maximum atomic E-state index is 12.9. The lowest BCUT2D eigenvalue weighted by Gasteiger charge is -2.50. The van der Waals surface area contributed by atoms with Crippen LogP contribution in [0.15, 0.2) is 18.3 Å². The standard InChI is InChI=1S/C25H38N4O2/c1-31-19-22-6-3-13-29(22)24(30)20-7-8-23(26-18-20)28-16-11-25(12-17-28)9-14-27(15-10-25)21-4-2-5-21/h7-8,18,21-22H,2-6,9-17,19H2,1H3/t22-/m0/s1. The molecular formula is C25H38N4O2. The highest BCUT2D eigenvalue weighted by molar-refractivity contribution is 5.94. The Bertz CT molecular complexity index is 745. The predicted octanol–water partition coefficient (Wildman–Crippen LogP) is 3.57. The molecule has 6 heteroatoms. The molecule has 0 unspecified atom stereocenters. The van der Waals surface area contributed by atoms with Crippen molar-refractivity contribution in [2.24, 2.45) is 5.41 Å². The highest BCUT2D eigenvalue weighted by atomic mass is 16.5. The van der Waals surface area contributed by atoms with Crippen LogP contribution in [0.1, 0.15) is 68.1 Å². The lowest BCUT2D eigenvalue weighted by atomic mass is 9.70. The molecule has 4 aliphatic rings. The minimum absolute atomic E-state index is 0.0921. The molecule has 4 fully saturated rings. The van der Waals surface area contributed by atoms with Gasteiger partial charge in [0.05, 0.1) is 18.2 Å². The molecule has 170 valence electrons. The van der Waals surface area contributed by atoms with E-state index >= 15 is 0 Å². The van der Waals surface area contributed by atoms with E-state index in [2.05, 4.69) is 9.80 Å². The fourth-order valence-electron chi connectivity index (χ4n) is 6.16. The second-order valence-electron chi connectivity index (χ2n) is 10.3. The van der Waals surface area contributed by atoms with Crippen molar-refractivity contribution in [1.29, 1.82) is 0 Å². The van der Waals surface area contributed by atoms with Crippen LogP contribution in [-0.4, -0.2) is 79.2 Å².